The third kappa shape index (κ3) is 8.98. The lowest BCUT2D eigenvalue weighted by Crippen LogP contribution is -2.59. The zero-order valence-corrected chi connectivity index (χ0v) is 38.0. The number of hydrogen-bond acceptors (Lipinski definition) is 9. The highest BCUT2D eigenvalue weighted by Gasteiger charge is 2.59. The van der Waals surface area contributed by atoms with Crippen molar-refractivity contribution in [1.82, 2.24) is 25.1 Å². The molecule has 1 spiro atoms. The number of esters is 1. The maximum absolute atomic E-state index is 16.2. The number of thiophene rings is 1. The van der Waals surface area contributed by atoms with E-state index < -0.39 is 55.7 Å². The van der Waals surface area contributed by atoms with Crippen molar-refractivity contribution in [2.75, 3.05) is 20.2 Å². The molecule has 62 heavy (non-hydrogen) atoms. The second-order valence-corrected chi connectivity index (χ2v) is 21.7. The molecular weight excluding hydrogens is 836 g/mol. The molecule has 2 aromatic carbocycles. The van der Waals surface area contributed by atoms with Crippen molar-refractivity contribution < 1.29 is 41.8 Å². The number of halogens is 2. The van der Waals surface area contributed by atoms with Gasteiger partial charge in [0.2, 0.25) is 17.7 Å². The van der Waals surface area contributed by atoms with Gasteiger partial charge in [0.25, 0.3) is 5.91 Å². The van der Waals surface area contributed by atoms with Crippen molar-refractivity contribution in [3.63, 3.8) is 0 Å². The highest BCUT2D eigenvalue weighted by atomic mass is 32.1. The van der Waals surface area contributed by atoms with E-state index in [4.69, 9.17) is 9.26 Å². The number of alkyl halides is 2. The molecule has 2 N–H and O–H groups in total. The summed E-state index contributed by atoms with van der Waals surface area (Å²) in [7, 11) is -2.24. The quantitative estimate of drug-likeness (QED) is 0.122. The molecule has 16 heteroatoms. The number of carbonyl (C=O) groups is 4. The average Bonchev–Trinajstić information content (AvgIpc) is 3.52. The van der Waals surface area contributed by atoms with Gasteiger partial charge in [0.05, 0.1) is 17.6 Å². The van der Waals surface area contributed by atoms with Gasteiger partial charge in [0.1, 0.15) is 24.3 Å². The van der Waals surface area contributed by atoms with Gasteiger partial charge >= 0.3 is 13.5 Å². The first-order chi connectivity index (χ1) is 29.6. The van der Waals surface area contributed by atoms with Gasteiger partial charge in [-0.3, -0.25) is 23.7 Å². The van der Waals surface area contributed by atoms with Crippen LogP contribution in [-0.4, -0.2) is 113 Å². The molecule has 3 aromatic rings. The molecule has 4 heterocycles. The van der Waals surface area contributed by atoms with E-state index in [-0.39, 0.29) is 53.6 Å². The number of carbonyl (C=O) groups excluding carboxylic acids is 4. The normalized spacial score (nSPS) is 28.9. The summed E-state index contributed by atoms with van der Waals surface area (Å²) in [5.74, 6) is -3.31. The van der Waals surface area contributed by atoms with Gasteiger partial charge in [0.15, 0.2) is 0 Å². The molecule has 0 radical (unpaired) electrons. The van der Waals surface area contributed by atoms with Crippen molar-refractivity contribution in [2.45, 2.75) is 158 Å². The SMILES string of the molecule is CCO[P@@](=O)(N[C@@H](C)C(=O)OC(C)C)[C@@H](F)c1ccc2sc(C(=O)N[C@H]3CC[C@H](N(C)C4CC(F)C4)C[C@H]4CC[C@@H](C(=O)N5C[C@H](c6ccccc6)CC56CC6)N4C3=O)cc2c1. The van der Waals surface area contributed by atoms with Crippen molar-refractivity contribution in [2.24, 2.45) is 0 Å². The van der Waals surface area contributed by atoms with E-state index in [0.29, 0.717) is 66.5 Å². The van der Waals surface area contributed by atoms with E-state index >= 15 is 4.39 Å². The van der Waals surface area contributed by atoms with Crippen molar-refractivity contribution >= 4 is 52.6 Å². The molecule has 336 valence electrons. The van der Waals surface area contributed by atoms with E-state index in [1.807, 2.05) is 25.2 Å². The Hall–Kier alpha value is -3.75. The van der Waals surface area contributed by atoms with Crippen LogP contribution in [0.15, 0.2) is 54.6 Å². The molecule has 8 rings (SSSR count). The van der Waals surface area contributed by atoms with E-state index in [2.05, 4.69) is 32.3 Å². The van der Waals surface area contributed by atoms with Crippen LogP contribution in [0.2, 0.25) is 0 Å². The number of benzene rings is 2. The first-order valence-corrected chi connectivity index (χ1v) is 24.9. The maximum atomic E-state index is 16.2. The largest absolute Gasteiger partial charge is 0.462 e. The minimum absolute atomic E-state index is 0.00731. The van der Waals surface area contributed by atoms with Gasteiger partial charge in [-0.05, 0) is 134 Å². The van der Waals surface area contributed by atoms with Crippen LogP contribution < -0.4 is 10.4 Å². The van der Waals surface area contributed by atoms with Crippen LogP contribution in [0.4, 0.5) is 8.78 Å². The zero-order chi connectivity index (χ0) is 44.1. The molecule has 3 amide bonds. The molecule has 0 bridgehead atoms. The Morgan fingerprint density at radius 1 is 1.00 bits per heavy atom. The van der Waals surface area contributed by atoms with Crippen LogP contribution in [0.25, 0.3) is 10.1 Å². The number of rotatable bonds is 14. The minimum atomic E-state index is -4.27. The number of nitrogens with zero attached hydrogens (tertiary/aromatic N) is 3. The van der Waals surface area contributed by atoms with E-state index in [1.54, 1.807) is 37.8 Å². The Morgan fingerprint density at radius 3 is 2.42 bits per heavy atom. The monoisotopic (exact) mass is 895 g/mol. The van der Waals surface area contributed by atoms with Gasteiger partial charge in [-0.2, -0.15) is 0 Å². The summed E-state index contributed by atoms with van der Waals surface area (Å²) in [6, 6.07) is 13.9. The third-order valence-corrected chi connectivity index (χ3v) is 17.3. The van der Waals surface area contributed by atoms with Crippen LogP contribution in [0.1, 0.15) is 125 Å². The summed E-state index contributed by atoms with van der Waals surface area (Å²) in [5.41, 5.74) is 1.09. The standard InChI is InChI=1S/C46H60F2N5O7PS/c1-6-59-61(58,50-28(4)45(57)60-27(2)3)41(48)30-12-17-39-31(20-30)21-40(62-39)42(54)49-37-15-13-34(51(5)36-22-33(47)23-36)24-35-14-16-38(53(35)43(37)55)44(56)52-26-32(25-46(52)18-19-46)29-10-8-7-9-11-29/h7-12,17,20-21,27-28,32-38,41H,6,13-16,18-19,22-26H2,1-5H3,(H,49,54)(H,50,58)/t28-,32+,33?,34-,35+,36?,37-,38-,41+,61+/m0/s1. The Bertz CT molecular complexity index is 2200. The smallest absolute Gasteiger partial charge is 0.323 e. The zero-order valence-electron chi connectivity index (χ0n) is 36.3. The van der Waals surface area contributed by atoms with Crippen LogP contribution in [-0.2, 0) is 28.2 Å². The summed E-state index contributed by atoms with van der Waals surface area (Å²) in [5, 5.41) is 6.13. The molecular formula is C46H60F2N5O7PS. The minimum Gasteiger partial charge on any atom is -0.462 e. The number of amides is 3. The second kappa shape index (κ2) is 18.0. The van der Waals surface area contributed by atoms with E-state index in [9.17, 15) is 28.1 Å². The van der Waals surface area contributed by atoms with Crippen LogP contribution in [0.3, 0.4) is 0 Å². The molecule has 8 atom stereocenters. The number of ether oxygens (including phenoxy) is 1. The predicted octanol–water partition coefficient (Wildman–Crippen LogP) is 8.02. The van der Waals surface area contributed by atoms with Crippen LogP contribution in [0.5, 0.6) is 0 Å². The van der Waals surface area contributed by atoms with E-state index in [1.165, 1.54) is 36.0 Å². The average molecular weight is 896 g/mol. The highest BCUT2D eigenvalue weighted by Crippen LogP contribution is 2.58. The molecule has 0 unspecified atom stereocenters. The summed E-state index contributed by atoms with van der Waals surface area (Å²) in [4.78, 5) is 62.7. The topological polar surface area (TPSA) is 138 Å². The Labute approximate surface area is 366 Å². The van der Waals surface area contributed by atoms with Gasteiger partial charge < -0.3 is 29.3 Å². The van der Waals surface area contributed by atoms with Crippen LogP contribution in [0, 0.1) is 0 Å². The maximum Gasteiger partial charge on any atom is 0.323 e. The van der Waals surface area contributed by atoms with Gasteiger partial charge in [0, 0.05) is 40.8 Å². The molecule has 2 aliphatic carbocycles. The van der Waals surface area contributed by atoms with Crippen molar-refractivity contribution in [3.05, 3.63) is 70.6 Å². The lowest BCUT2D eigenvalue weighted by atomic mass is 9.86. The fourth-order valence-corrected chi connectivity index (χ4v) is 13.2. The number of hydrogen-bond donors (Lipinski definition) is 2. The molecule has 5 aliphatic rings. The molecule has 1 aromatic heterocycles. The predicted molar refractivity (Wildman–Crippen MR) is 234 cm³/mol. The Morgan fingerprint density at radius 2 is 1.74 bits per heavy atom. The first kappa shape index (κ1) is 44.8. The first-order valence-electron chi connectivity index (χ1n) is 22.3. The van der Waals surface area contributed by atoms with Gasteiger partial charge in [-0.15, -0.1) is 11.3 Å². The Balaban J connectivity index is 1.02. The lowest BCUT2D eigenvalue weighted by Gasteiger charge is -2.45. The van der Waals surface area contributed by atoms with Gasteiger partial charge in [-0.1, -0.05) is 36.4 Å². The fourth-order valence-electron chi connectivity index (χ4n) is 10.3. The fraction of sp³-hybridized carbons (Fsp3) is 0.609. The van der Waals surface area contributed by atoms with E-state index in [0.717, 1.165) is 19.3 Å². The second-order valence-electron chi connectivity index (χ2n) is 18.5. The molecule has 5 fully saturated rings. The summed E-state index contributed by atoms with van der Waals surface area (Å²) in [6.45, 7) is 6.92. The summed E-state index contributed by atoms with van der Waals surface area (Å²) >= 11 is 1.19. The molecule has 3 saturated heterocycles. The number of nitrogens with one attached hydrogen (secondary N) is 2. The van der Waals surface area contributed by atoms with Crippen molar-refractivity contribution in [3.8, 4) is 0 Å². The number of fused-ring (bicyclic) bond motifs is 2. The highest BCUT2D eigenvalue weighted by molar-refractivity contribution is 7.57. The van der Waals surface area contributed by atoms with Gasteiger partial charge in [-0.25, -0.2) is 13.9 Å². The molecule has 12 nitrogen and oxygen atoms in total. The van der Waals surface area contributed by atoms with Crippen molar-refractivity contribution in [1.29, 1.82) is 0 Å². The lowest BCUT2D eigenvalue weighted by molar-refractivity contribution is -0.149. The molecule has 2 saturated carbocycles. The molecule has 3 aliphatic heterocycles. The summed E-state index contributed by atoms with van der Waals surface area (Å²) < 4.78 is 55.5. The Kier molecular flexibility index (Phi) is 13.0. The third-order valence-electron chi connectivity index (χ3n) is 13.9. The number of likely N-dealkylation sites (tertiary alicyclic amines) is 1. The summed E-state index contributed by atoms with van der Waals surface area (Å²) in [6.07, 6.45) is 5.41. The van der Waals surface area contributed by atoms with Crippen LogP contribution >= 0.6 is 18.9 Å².